The van der Waals surface area contributed by atoms with Crippen LogP contribution in [0.15, 0.2) is 47.1 Å². The van der Waals surface area contributed by atoms with Gasteiger partial charge in [0.2, 0.25) is 5.91 Å². The lowest BCUT2D eigenvalue weighted by atomic mass is 9.94. The zero-order valence-corrected chi connectivity index (χ0v) is 23.7. The van der Waals surface area contributed by atoms with Crippen LogP contribution < -0.4 is 19.1 Å². The average molecular weight is 580 g/mol. The second-order valence-corrected chi connectivity index (χ2v) is 12.4. The van der Waals surface area contributed by atoms with Crippen molar-refractivity contribution in [2.45, 2.75) is 27.4 Å². The Balaban J connectivity index is 1.87. The van der Waals surface area contributed by atoms with E-state index in [9.17, 15) is 14.3 Å². The van der Waals surface area contributed by atoms with Crippen molar-refractivity contribution in [1.82, 2.24) is 4.98 Å². The number of nitriles is 1. The molecular weight excluding hydrogens is 551 g/mol. The van der Waals surface area contributed by atoms with Crippen LogP contribution in [-0.2, 0) is 21.1 Å². The summed E-state index contributed by atoms with van der Waals surface area (Å²) < 4.78 is 30.9. The van der Waals surface area contributed by atoms with Gasteiger partial charge < -0.3 is 13.9 Å². The summed E-state index contributed by atoms with van der Waals surface area (Å²) in [6, 6.07) is 12.2. The maximum absolute atomic E-state index is 13.5. The van der Waals surface area contributed by atoms with Gasteiger partial charge in [0.05, 0.1) is 22.2 Å². The monoisotopic (exact) mass is 578 g/mol. The molecular formula is C26H28Cl2N4O5S. The number of aromatic nitrogens is 1. The number of rotatable bonds is 10. The quantitative estimate of drug-likeness (QED) is 0.239. The second kappa shape index (κ2) is 12.0. The molecule has 0 aliphatic heterocycles. The second-order valence-electron chi connectivity index (χ2n) is 9.38. The molecule has 1 atom stereocenters. The number of amides is 1. The Morgan fingerprint density at radius 2 is 1.92 bits per heavy atom. The van der Waals surface area contributed by atoms with Crippen LogP contribution in [-0.4, -0.2) is 39.7 Å². The van der Waals surface area contributed by atoms with Crippen molar-refractivity contribution in [3.8, 4) is 17.6 Å². The van der Waals surface area contributed by atoms with Gasteiger partial charge in [0.15, 0.2) is 5.75 Å². The summed E-state index contributed by atoms with van der Waals surface area (Å²) in [5.41, 5.74) is 0.895. The van der Waals surface area contributed by atoms with Crippen molar-refractivity contribution in [2.75, 3.05) is 28.4 Å². The third kappa shape index (κ3) is 7.57. The molecule has 1 heterocycles. The number of nitrogens with one attached hydrogen (secondary N) is 1. The van der Waals surface area contributed by atoms with Crippen molar-refractivity contribution in [1.29, 1.82) is 5.26 Å². The number of carbonyl (C=O) groups is 1. The number of oxazole rings is 1. The van der Waals surface area contributed by atoms with Crippen LogP contribution in [0.4, 0.5) is 17.4 Å². The summed E-state index contributed by atoms with van der Waals surface area (Å²) in [7, 11) is -2.52. The van der Waals surface area contributed by atoms with Crippen LogP contribution in [0.25, 0.3) is 0 Å². The molecule has 1 amide bonds. The fourth-order valence-electron chi connectivity index (χ4n) is 3.25. The zero-order valence-electron chi connectivity index (χ0n) is 21.4. The zero-order chi connectivity index (χ0) is 28.1. The first-order chi connectivity index (χ1) is 17.8. The molecule has 1 N–H and O–H groups in total. The third-order valence-electron chi connectivity index (χ3n) is 4.91. The first kappa shape index (κ1) is 29.2. The molecule has 9 nitrogen and oxygen atoms in total. The molecule has 0 aliphatic rings. The normalized spacial score (nSPS) is 12.8. The minimum absolute atomic E-state index is 0.0901. The molecule has 0 saturated heterocycles. The molecule has 1 aromatic heterocycles. The summed E-state index contributed by atoms with van der Waals surface area (Å²) >= 11 is 12.2. The van der Waals surface area contributed by atoms with Gasteiger partial charge in [-0.25, -0.2) is 4.21 Å². The highest BCUT2D eigenvalue weighted by atomic mass is 35.5. The van der Waals surface area contributed by atoms with Crippen molar-refractivity contribution < 1.29 is 22.9 Å². The standard InChI is InChI=1S/C26H28Cl2N4O5S/c1-26(2,3)24(33)32(20-12-17(14-29)23(22(28)13-20)35-11-10-27)19-6-8-21(9-7-19)36-15-18-16-37-25(30-18)31-38(4,5)34/h6-9,12-13,16H,4,10-11,15H2,1-3,5H3,(H,30,31,34). The number of hydrogen-bond acceptors (Lipinski definition) is 7. The topological polar surface area (TPSA) is 118 Å². The molecule has 0 fully saturated rings. The SMILES string of the molecule is C=S(C)(=O)Nc1nc(COc2ccc(N(C(=O)C(C)(C)C)c3cc(Cl)c(OCCCl)c(C#N)c3)cc2)co1. The van der Waals surface area contributed by atoms with Crippen molar-refractivity contribution in [3.05, 3.63) is 58.9 Å². The highest BCUT2D eigenvalue weighted by Gasteiger charge is 2.30. The van der Waals surface area contributed by atoms with Gasteiger partial charge in [-0.1, -0.05) is 32.4 Å². The van der Waals surface area contributed by atoms with E-state index in [1.807, 2.05) is 0 Å². The van der Waals surface area contributed by atoms with Gasteiger partial charge in [0, 0.05) is 27.1 Å². The molecule has 38 heavy (non-hydrogen) atoms. The largest absolute Gasteiger partial charge is 0.489 e. The Kier molecular flexibility index (Phi) is 9.20. The first-order valence-corrected chi connectivity index (χ1v) is 14.4. The van der Waals surface area contributed by atoms with Crippen molar-refractivity contribution >= 4 is 62.1 Å². The minimum atomic E-state index is -2.52. The number of halogens is 2. The van der Waals surface area contributed by atoms with Gasteiger partial charge in [-0.05, 0) is 42.3 Å². The van der Waals surface area contributed by atoms with Crippen molar-refractivity contribution in [3.63, 3.8) is 0 Å². The fourth-order valence-corrected chi connectivity index (χ4v) is 4.06. The highest BCUT2D eigenvalue weighted by Crippen LogP contribution is 2.38. The van der Waals surface area contributed by atoms with E-state index in [0.29, 0.717) is 22.8 Å². The number of carbonyl (C=O) groups excluding carboxylic acids is 1. The van der Waals surface area contributed by atoms with Gasteiger partial charge >= 0.3 is 6.01 Å². The Bertz CT molecular complexity index is 1440. The predicted octanol–water partition coefficient (Wildman–Crippen LogP) is 5.78. The number of alkyl halides is 1. The summed E-state index contributed by atoms with van der Waals surface area (Å²) in [6.07, 6.45) is 2.82. The van der Waals surface area contributed by atoms with Crippen LogP contribution in [0.1, 0.15) is 32.0 Å². The molecule has 2 aromatic carbocycles. The lowest BCUT2D eigenvalue weighted by Gasteiger charge is -2.30. The Morgan fingerprint density at radius 3 is 2.50 bits per heavy atom. The van der Waals surface area contributed by atoms with E-state index in [2.05, 4.69) is 21.6 Å². The van der Waals surface area contributed by atoms with Crippen LogP contribution >= 0.6 is 23.2 Å². The molecule has 3 aromatic rings. The number of hydrogen-bond donors (Lipinski definition) is 1. The van der Waals surface area contributed by atoms with Gasteiger partial charge in [-0.2, -0.15) is 10.2 Å². The van der Waals surface area contributed by atoms with Gasteiger partial charge in [-0.3, -0.25) is 14.4 Å². The minimum Gasteiger partial charge on any atom is -0.489 e. The van der Waals surface area contributed by atoms with Crippen LogP contribution in [0.5, 0.6) is 11.5 Å². The van der Waals surface area contributed by atoms with Crippen molar-refractivity contribution in [2.24, 2.45) is 5.41 Å². The molecule has 12 heteroatoms. The lowest BCUT2D eigenvalue weighted by molar-refractivity contribution is -0.125. The molecule has 0 saturated carbocycles. The Morgan fingerprint density at radius 1 is 1.24 bits per heavy atom. The first-order valence-electron chi connectivity index (χ1n) is 11.4. The Labute approximate surface area is 232 Å². The molecule has 3 rings (SSSR count). The van der Waals surface area contributed by atoms with Crippen LogP contribution in [0, 0.1) is 16.7 Å². The van der Waals surface area contributed by atoms with E-state index in [1.54, 1.807) is 57.2 Å². The molecule has 202 valence electrons. The number of anilines is 3. The molecule has 0 spiro atoms. The number of ether oxygens (including phenoxy) is 2. The molecule has 0 bridgehead atoms. The van der Waals surface area contributed by atoms with E-state index in [-0.39, 0.29) is 47.4 Å². The molecule has 1 unspecified atom stereocenters. The summed E-state index contributed by atoms with van der Waals surface area (Å²) in [6.45, 7) is 5.69. The number of benzene rings is 2. The predicted molar refractivity (Wildman–Crippen MR) is 151 cm³/mol. The van der Waals surface area contributed by atoms with E-state index in [0.717, 1.165) is 0 Å². The maximum Gasteiger partial charge on any atom is 0.306 e. The third-order valence-corrected chi connectivity index (χ3v) is 5.95. The van der Waals surface area contributed by atoms with Gasteiger partial charge in [0.1, 0.15) is 37.0 Å². The highest BCUT2D eigenvalue weighted by molar-refractivity contribution is 8.00. The van der Waals surface area contributed by atoms with Crippen LogP contribution in [0.2, 0.25) is 5.02 Å². The Hall–Kier alpha value is -3.39. The summed E-state index contributed by atoms with van der Waals surface area (Å²) in [5.74, 6) is 4.26. The van der Waals surface area contributed by atoms with Gasteiger partial charge in [-0.15, -0.1) is 11.6 Å². The van der Waals surface area contributed by atoms with Crippen LogP contribution in [0.3, 0.4) is 0 Å². The average Bonchev–Trinajstić information content (AvgIpc) is 3.27. The molecule has 0 aliphatic carbocycles. The maximum atomic E-state index is 13.5. The van der Waals surface area contributed by atoms with E-state index >= 15 is 0 Å². The summed E-state index contributed by atoms with van der Waals surface area (Å²) in [5, 5.41) is 9.88. The molecule has 0 radical (unpaired) electrons. The lowest BCUT2D eigenvalue weighted by Crippen LogP contribution is -2.36. The van der Waals surface area contributed by atoms with E-state index in [4.69, 9.17) is 37.1 Å². The fraction of sp³-hybridized carbons (Fsp3) is 0.308. The summed E-state index contributed by atoms with van der Waals surface area (Å²) in [4.78, 5) is 19.2. The van der Waals surface area contributed by atoms with E-state index < -0.39 is 15.1 Å². The smallest absolute Gasteiger partial charge is 0.306 e. The number of nitrogens with zero attached hydrogens (tertiary/aromatic N) is 3. The van der Waals surface area contributed by atoms with E-state index in [1.165, 1.54) is 17.4 Å². The van der Waals surface area contributed by atoms with Gasteiger partial charge in [0.25, 0.3) is 0 Å².